The number of nitrogens with one attached hydrogen (secondary N) is 1. The fraction of sp³-hybridized carbons (Fsp3) is 0.231. The lowest BCUT2D eigenvalue weighted by Crippen LogP contribution is -2.36. The Labute approximate surface area is 192 Å². The van der Waals surface area contributed by atoms with Crippen molar-refractivity contribution in [2.45, 2.75) is 13.5 Å². The lowest BCUT2D eigenvalue weighted by atomic mass is 10.1. The minimum Gasteiger partial charge on any atom is -0.487 e. The highest BCUT2D eigenvalue weighted by atomic mass is 16.5. The molecule has 168 valence electrons. The van der Waals surface area contributed by atoms with E-state index < -0.39 is 0 Å². The smallest absolute Gasteiger partial charge is 0.255 e. The minimum absolute atomic E-state index is 0.177. The predicted molar refractivity (Wildman–Crippen MR) is 128 cm³/mol. The zero-order valence-electron chi connectivity index (χ0n) is 18.5. The van der Waals surface area contributed by atoms with Crippen molar-refractivity contribution >= 4 is 22.9 Å². The van der Waals surface area contributed by atoms with Crippen molar-refractivity contribution in [1.82, 2.24) is 9.38 Å². The predicted octanol–water partition coefficient (Wildman–Crippen LogP) is 4.31. The molecule has 5 rings (SSSR count). The Balaban J connectivity index is 1.27. The number of aromatic nitrogens is 2. The van der Waals surface area contributed by atoms with Gasteiger partial charge in [0.2, 0.25) is 0 Å². The average Bonchev–Trinajstić information content (AvgIpc) is 3.26. The second-order valence-electron chi connectivity index (χ2n) is 8.09. The molecule has 0 radical (unpaired) electrons. The van der Waals surface area contributed by atoms with Crippen molar-refractivity contribution in [2.24, 2.45) is 0 Å². The van der Waals surface area contributed by atoms with Crippen LogP contribution in [0.2, 0.25) is 0 Å². The summed E-state index contributed by atoms with van der Waals surface area (Å²) in [5, 5.41) is 3.06. The Hall–Kier alpha value is -3.84. The maximum atomic E-state index is 13.0. The molecule has 7 nitrogen and oxygen atoms in total. The number of morpholine rings is 1. The molecular formula is C26H26N4O3. The van der Waals surface area contributed by atoms with Crippen LogP contribution in [-0.2, 0) is 11.3 Å². The Morgan fingerprint density at radius 2 is 1.91 bits per heavy atom. The summed E-state index contributed by atoms with van der Waals surface area (Å²) >= 11 is 0. The maximum absolute atomic E-state index is 13.0. The quantitative estimate of drug-likeness (QED) is 0.482. The minimum atomic E-state index is -0.177. The molecule has 0 atom stereocenters. The Morgan fingerprint density at radius 3 is 2.79 bits per heavy atom. The van der Waals surface area contributed by atoms with Gasteiger partial charge in [-0.25, -0.2) is 4.98 Å². The van der Waals surface area contributed by atoms with Gasteiger partial charge in [-0.3, -0.25) is 4.79 Å². The summed E-state index contributed by atoms with van der Waals surface area (Å²) in [6.07, 6.45) is 3.99. The molecule has 33 heavy (non-hydrogen) atoms. The number of imidazole rings is 1. The van der Waals surface area contributed by atoms with Crippen LogP contribution in [0, 0.1) is 6.92 Å². The number of anilines is 2. The van der Waals surface area contributed by atoms with Gasteiger partial charge in [-0.2, -0.15) is 0 Å². The van der Waals surface area contributed by atoms with Crippen molar-refractivity contribution in [3.63, 3.8) is 0 Å². The summed E-state index contributed by atoms with van der Waals surface area (Å²) in [6.45, 7) is 5.36. The van der Waals surface area contributed by atoms with Crippen LogP contribution < -0.4 is 15.0 Å². The van der Waals surface area contributed by atoms with E-state index in [0.717, 1.165) is 35.8 Å². The van der Waals surface area contributed by atoms with E-state index >= 15 is 0 Å². The van der Waals surface area contributed by atoms with E-state index in [4.69, 9.17) is 9.47 Å². The molecule has 3 heterocycles. The summed E-state index contributed by atoms with van der Waals surface area (Å²) < 4.78 is 13.4. The van der Waals surface area contributed by atoms with Crippen LogP contribution >= 0.6 is 0 Å². The third-order valence-corrected chi connectivity index (χ3v) is 5.64. The van der Waals surface area contributed by atoms with Crippen molar-refractivity contribution in [2.75, 3.05) is 36.5 Å². The monoisotopic (exact) mass is 442 g/mol. The zero-order valence-corrected chi connectivity index (χ0v) is 18.5. The van der Waals surface area contributed by atoms with Crippen molar-refractivity contribution < 1.29 is 14.3 Å². The number of nitrogens with zero attached hydrogens (tertiary/aromatic N) is 3. The Kier molecular flexibility index (Phi) is 5.95. The number of pyridine rings is 1. The number of aryl methyl sites for hydroxylation is 1. The van der Waals surface area contributed by atoms with Gasteiger partial charge in [0.25, 0.3) is 5.91 Å². The van der Waals surface area contributed by atoms with Gasteiger partial charge in [-0.15, -0.1) is 0 Å². The van der Waals surface area contributed by atoms with Gasteiger partial charge in [-0.1, -0.05) is 24.3 Å². The highest BCUT2D eigenvalue weighted by Gasteiger charge is 2.16. The number of fused-ring (bicyclic) bond motifs is 1. The summed E-state index contributed by atoms with van der Waals surface area (Å²) in [4.78, 5) is 19.8. The fourth-order valence-corrected chi connectivity index (χ4v) is 3.96. The second-order valence-corrected chi connectivity index (χ2v) is 8.09. The molecule has 1 N–H and O–H groups in total. The third kappa shape index (κ3) is 4.83. The zero-order chi connectivity index (χ0) is 22.6. The molecule has 2 aromatic heterocycles. The van der Waals surface area contributed by atoms with Gasteiger partial charge in [0.1, 0.15) is 18.0 Å². The Bertz CT molecular complexity index is 1280. The van der Waals surface area contributed by atoms with E-state index in [0.29, 0.717) is 31.1 Å². The van der Waals surface area contributed by atoms with E-state index in [2.05, 4.69) is 15.2 Å². The number of amides is 1. The van der Waals surface area contributed by atoms with Crippen LogP contribution in [0.5, 0.6) is 5.75 Å². The highest BCUT2D eigenvalue weighted by Crippen LogP contribution is 2.27. The van der Waals surface area contributed by atoms with Gasteiger partial charge in [0.05, 0.1) is 30.3 Å². The molecule has 1 aliphatic heterocycles. The first-order valence-electron chi connectivity index (χ1n) is 11.1. The SMILES string of the molecule is Cc1ccc2nc(COc3cccc(C(=O)Nc4ccccc4N4CCOCC4)c3)cn2c1. The van der Waals surface area contributed by atoms with Crippen LogP contribution in [0.4, 0.5) is 11.4 Å². The first-order valence-corrected chi connectivity index (χ1v) is 11.1. The summed E-state index contributed by atoms with van der Waals surface area (Å²) in [7, 11) is 0. The summed E-state index contributed by atoms with van der Waals surface area (Å²) in [6, 6.07) is 19.1. The van der Waals surface area contributed by atoms with Gasteiger partial charge < -0.3 is 24.1 Å². The van der Waals surface area contributed by atoms with Crippen LogP contribution in [-0.4, -0.2) is 41.6 Å². The first kappa shape index (κ1) is 21.0. The van der Waals surface area contributed by atoms with Crippen LogP contribution in [0.15, 0.2) is 73.1 Å². The van der Waals surface area contributed by atoms with E-state index in [1.165, 1.54) is 5.56 Å². The van der Waals surface area contributed by atoms with Gasteiger partial charge >= 0.3 is 0 Å². The van der Waals surface area contributed by atoms with E-state index in [-0.39, 0.29) is 5.91 Å². The number of rotatable bonds is 6. The van der Waals surface area contributed by atoms with E-state index in [9.17, 15) is 4.79 Å². The highest BCUT2D eigenvalue weighted by molar-refractivity contribution is 6.06. The van der Waals surface area contributed by atoms with E-state index in [1.807, 2.05) is 72.2 Å². The molecule has 2 aromatic carbocycles. The lowest BCUT2D eigenvalue weighted by Gasteiger charge is -2.30. The lowest BCUT2D eigenvalue weighted by molar-refractivity contribution is 0.102. The van der Waals surface area contributed by atoms with Gasteiger partial charge in [-0.05, 0) is 48.9 Å². The second kappa shape index (κ2) is 9.34. The van der Waals surface area contributed by atoms with Crippen molar-refractivity contribution in [1.29, 1.82) is 0 Å². The van der Waals surface area contributed by atoms with Gasteiger partial charge in [0, 0.05) is 31.0 Å². The number of carbonyl (C=O) groups excluding carboxylic acids is 1. The molecular weight excluding hydrogens is 416 g/mol. The molecule has 1 saturated heterocycles. The number of ether oxygens (including phenoxy) is 2. The average molecular weight is 443 g/mol. The number of hydrogen-bond donors (Lipinski definition) is 1. The van der Waals surface area contributed by atoms with Gasteiger partial charge in [0.15, 0.2) is 0 Å². The fourth-order valence-electron chi connectivity index (χ4n) is 3.96. The molecule has 0 aliphatic carbocycles. The van der Waals surface area contributed by atoms with Crippen molar-refractivity contribution in [3.05, 3.63) is 89.9 Å². The Morgan fingerprint density at radius 1 is 1.06 bits per heavy atom. The molecule has 0 spiro atoms. The molecule has 4 aromatic rings. The number of para-hydroxylation sites is 2. The summed E-state index contributed by atoms with van der Waals surface area (Å²) in [5.74, 6) is 0.446. The summed E-state index contributed by atoms with van der Waals surface area (Å²) in [5.41, 5.74) is 5.21. The molecule has 1 aliphatic rings. The molecule has 1 fully saturated rings. The van der Waals surface area contributed by atoms with Crippen LogP contribution in [0.25, 0.3) is 5.65 Å². The van der Waals surface area contributed by atoms with Crippen LogP contribution in [0.3, 0.4) is 0 Å². The largest absolute Gasteiger partial charge is 0.487 e. The van der Waals surface area contributed by atoms with E-state index in [1.54, 1.807) is 12.1 Å². The molecule has 0 saturated carbocycles. The van der Waals surface area contributed by atoms with Crippen molar-refractivity contribution in [3.8, 4) is 5.75 Å². The standard InChI is InChI=1S/C26H26N4O3/c1-19-9-10-25-27-21(17-30(25)16-19)18-33-22-6-4-5-20(15-22)26(31)28-23-7-2-3-8-24(23)29-11-13-32-14-12-29/h2-10,15-17H,11-14,18H2,1H3,(H,28,31). The number of hydrogen-bond acceptors (Lipinski definition) is 5. The van der Waals surface area contributed by atoms with Crippen LogP contribution in [0.1, 0.15) is 21.6 Å². The molecule has 0 unspecified atom stereocenters. The molecule has 7 heteroatoms. The topological polar surface area (TPSA) is 68.1 Å². The molecule has 1 amide bonds. The number of benzene rings is 2. The normalized spacial score (nSPS) is 13.8. The molecule has 0 bridgehead atoms. The number of carbonyl (C=O) groups is 1. The third-order valence-electron chi connectivity index (χ3n) is 5.64. The maximum Gasteiger partial charge on any atom is 0.255 e. The first-order chi connectivity index (χ1) is 16.2.